The van der Waals surface area contributed by atoms with Crippen molar-refractivity contribution in [3.8, 4) is 0 Å². The molecule has 0 bridgehead atoms. The summed E-state index contributed by atoms with van der Waals surface area (Å²) in [6.45, 7) is 2.37. The second-order valence-electron chi connectivity index (χ2n) is 3.00. The van der Waals surface area contributed by atoms with Crippen LogP contribution >= 0.6 is 0 Å². The molecule has 0 saturated carbocycles. The van der Waals surface area contributed by atoms with Gasteiger partial charge in [-0.2, -0.15) is 0 Å². The molecule has 1 unspecified atom stereocenters. The van der Waals surface area contributed by atoms with Crippen LogP contribution in [0, 0.1) is 0 Å². The molecule has 1 radical (unpaired) electrons. The summed E-state index contributed by atoms with van der Waals surface area (Å²) in [6.07, 6.45) is 4.62. The summed E-state index contributed by atoms with van der Waals surface area (Å²) in [6, 6.07) is 8.72. The monoisotopic (exact) mass is 183 g/mol. The Balaban J connectivity index is 0.000000720. The predicted molar refractivity (Wildman–Crippen MR) is 58.4 cm³/mol. The Morgan fingerprint density at radius 2 is 2.00 bits per heavy atom. The minimum atomic E-state index is 0. The minimum absolute atomic E-state index is 0. The quantitative estimate of drug-likeness (QED) is 0.580. The van der Waals surface area contributed by atoms with Crippen molar-refractivity contribution < 1.29 is 0 Å². The average molecular weight is 183 g/mol. The molecule has 12 heavy (non-hydrogen) atoms. The Morgan fingerprint density at radius 3 is 2.75 bits per heavy atom. The standard InChI is InChI=1S/C10H12Si.Na/c1-11-10-7-6-8-4-2-3-5-9(8)10;/h2-7,10H,11H2,1H3;. The van der Waals surface area contributed by atoms with E-state index in [4.69, 9.17) is 0 Å². The van der Waals surface area contributed by atoms with E-state index >= 15 is 0 Å². The number of fused-ring (bicyclic) bond motifs is 1. The van der Waals surface area contributed by atoms with E-state index in [-0.39, 0.29) is 39.1 Å². The summed E-state index contributed by atoms with van der Waals surface area (Å²) in [4.78, 5) is 0. The first-order chi connectivity index (χ1) is 5.42. The van der Waals surface area contributed by atoms with Gasteiger partial charge in [0.25, 0.3) is 0 Å². The largest absolute Gasteiger partial charge is 0.0798 e. The number of benzene rings is 1. The van der Waals surface area contributed by atoms with Gasteiger partial charge in [-0.15, -0.1) is 0 Å². The second-order valence-corrected chi connectivity index (χ2v) is 4.70. The first-order valence-electron chi connectivity index (χ1n) is 4.19. The molecular formula is C10H12NaSi. The van der Waals surface area contributed by atoms with E-state index in [1.807, 2.05) is 0 Å². The summed E-state index contributed by atoms with van der Waals surface area (Å²) in [5.74, 6) is 0. The molecule has 1 aliphatic carbocycles. The molecule has 0 spiro atoms. The summed E-state index contributed by atoms with van der Waals surface area (Å²) in [5, 5.41) is 0. The summed E-state index contributed by atoms with van der Waals surface area (Å²) in [5.41, 5.74) is 3.81. The molecule has 0 N–H and O–H groups in total. The Labute approximate surface area is 98.2 Å². The van der Waals surface area contributed by atoms with Crippen molar-refractivity contribution >= 4 is 45.2 Å². The molecule has 1 aromatic carbocycles. The Bertz CT molecular complexity index is 294. The zero-order chi connectivity index (χ0) is 7.68. The van der Waals surface area contributed by atoms with Gasteiger partial charge in [0.1, 0.15) is 0 Å². The van der Waals surface area contributed by atoms with Gasteiger partial charge >= 0.3 is 0 Å². The van der Waals surface area contributed by atoms with E-state index in [0.29, 0.717) is 0 Å². The van der Waals surface area contributed by atoms with Crippen LogP contribution in [0.2, 0.25) is 6.55 Å². The van der Waals surface area contributed by atoms with E-state index in [9.17, 15) is 0 Å². The van der Waals surface area contributed by atoms with E-state index in [1.165, 1.54) is 5.56 Å². The van der Waals surface area contributed by atoms with Crippen LogP contribution in [0.3, 0.4) is 0 Å². The minimum Gasteiger partial charge on any atom is -0.0798 e. The number of allylic oxidation sites excluding steroid dienone is 1. The third-order valence-corrected chi connectivity index (χ3v) is 3.94. The van der Waals surface area contributed by atoms with Crippen LogP contribution in [0.15, 0.2) is 30.3 Å². The van der Waals surface area contributed by atoms with Gasteiger partial charge < -0.3 is 0 Å². The summed E-state index contributed by atoms with van der Waals surface area (Å²) >= 11 is 0. The molecular weight excluding hydrogens is 171 g/mol. The van der Waals surface area contributed by atoms with Crippen LogP contribution in [0.4, 0.5) is 0 Å². The smallest absolute Gasteiger partial charge is 0.0304 e. The van der Waals surface area contributed by atoms with Crippen molar-refractivity contribution in [3.05, 3.63) is 41.5 Å². The van der Waals surface area contributed by atoms with Gasteiger partial charge in [0.2, 0.25) is 0 Å². The van der Waals surface area contributed by atoms with Crippen LogP contribution < -0.4 is 0 Å². The van der Waals surface area contributed by atoms with Gasteiger partial charge in [0, 0.05) is 39.1 Å². The third kappa shape index (κ3) is 1.74. The molecule has 1 aromatic rings. The normalized spacial score (nSPS) is 19.6. The molecule has 0 fully saturated rings. The molecule has 1 aliphatic rings. The summed E-state index contributed by atoms with van der Waals surface area (Å²) < 4.78 is 0. The maximum Gasteiger partial charge on any atom is 0.0304 e. The van der Waals surface area contributed by atoms with E-state index in [2.05, 4.69) is 43.0 Å². The topological polar surface area (TPSA) is 0 Å². The average Bonchev–Trinajstić information content (AvgIpc) is 2.47. The first kappa shape index (κ1) is 10.3. The Hall–Kier alpha value is 0.177. The maximum absolute atomic E-state index is 2.37. The molecule has 0 aromatic heterocycles. The number of rotatable bonds is 1. The molecule has 0 saturated heterocycles. The van der Waals surface area contributed by atoms with Crippen molar-refractivity contribution in [2.24, 2.45) is 0 Å². The van der Waals surface area contributed by atoms with E-state index < -0.39 is 0 Å². The Morgan fingerprint density at radius 1 is 1.25 bits per heavy atom. The van der Waals surface area contributed by atoms with Crippen LogP contribution in [-0.2, 0) is 0 Å². The Kier molecular flexibility index (Phi) is 3.78. The van der Waals surface area contributed by atoms with Crippen LogP contribution in [0.5, 0.6) is 0 Å². The molecule has 0 nitrogen and oxygen atoms in total. The van der Waals surface area contributed by atoms with Gasteiger partial charge in [-0.25, -0.2) is 0 Å². The van der Waals surface area contributed by atoms with E-state index in [0.717, 1.165) is 5.54 Å². The molecule has 0 aliphatic heterocycles. The summed E-state index contributed by atoms with van der Waals surface area (Å²) in [7, 11) is 0.0950. The van der Waals surface area contributed by atoms with Gasteiger partial charge in [0.15, 0.2) is 0 Å². The van der Waals surface area contributed by atoms with Crippen molar-refractivity contribution in [3.63, 3.8) is 0 Å². The first-order valence-corrected chi connectivity index (χ1v) is 6.42. The zero-order valence-corrected chi connectivity index (χ0v) is 11.2. The molecule has 1 atom stereocenters. The molecule has 2 rings (SSSR count). The third-order valence-electron chi connectivity index (χ3n) is 2.34. The van der Waals surface area contributed by atoms with Crippen LogP contribution in [0.25, 0.3) is 6.08 Å². The fraction of sp³-hybridized carbons (Fsp3) is 0.200. The van der Waals surface area contributed by atoms with Gasteiger partial charge in [-0.3, -0.25) is 0 Å². The van der Waals surface area contributed by atoms with Crippen molar-refractivity contribution in [1.29, 1.82) is 0 Å². The van der Waals surface area contributed by atoms with Crippen LogP contribution in [0.1, 0.15) is 16.7 Å². The fourth-order valence-corrected chi connectivity index (χ4v) is 2.90. The zero-order valence-electron chi connectivity index (χ0n) is 7.75. The van der Waals surface area contributed by atoms with Gasteiger partial charge in [0.05, 0.1) is 0 Å². The van der Waals surface area contributed by atoms with Crippen molar-refractivity contribution in [1.82, 2.24) is 0 Å². The van der Waals surface area contributed by atoms with Gasteiger partial charge in [-0.05, 0) is 16.7 Å². The molecule has 0 amide bonds. The molecule has 57 valence electrons. The number of hydrogen-bond acceptors (Lipinski definition) is 0. The maximum atomic E-state index is 2.37. The van der Waals surface area contributed by atoms with Crippen molar-refractivity contribution in [2.75, 3.05) is 0 Å². The van der Waals surface area contributed by atoms with E-state index in [1.54, 1.807) is 5.56 Å². The SMILES string of the molecule is C[SiH2]C1C=Cc2ccccc21.[Na]. The van der Waals surface area contributed by atoms with Crippen molar-refractivity contribution in [2.45, 2.75) is 12.1 Å². The fourth-order valence-electron chi connectivity index (χ4n) is 1.68. The second kappa shape index (κ2) is 4.42. The molecule has 2 heteroatoms. The molecule has 0 heterocycles. The van der Waals surface area contributed by atoms with Gasteiger partial charge in [-0.1, -0.05) is 43.0 Å². The predicted octanol–water partition coefficient (Wildman–Crippen LogP) is 1.59. The number of hydrogen-bond donors (Lipinski definition) is 0. The van der Waals surface area contributed by atoms with Crippen LogP contribution in [-0.4, -0.2) is 39.1 Å².